The highest BCUT2D eigenvalue weighted by Crippen LogP contribution is 2.44. The maximum atomic E-state index is 12.7. The first-order chi connectivity index (χ1) is 13.7. The monoisotopic (exact) mass is 400 g/mol. The summed E-state index contributed by atoms with van der Waals surface area (Å²) < 4.78 is 44.2. The summed E-state index contributed by atoms with van der Waals surface area (Å²) in [7, 11) is 0. The average molecular weight is 400 g/mol. The van der Waals surface area contributed by atoms with Crippen LogP contribution in [-0.2, 0) is 11.0 Å². The van der Waals surface area contributed by atoms with Gasteiger partial charge < -0.3 is 15.0 Å². The van der Waals surface area contributed by atoms with Crippen molar-refractivity contribution in [3.05, 3.63) is 71.9 Å². The van der Waals surface area contributed by atoms with Gasteiger partial charge in [-0.1, -0.05) is 18.7 Å². The van der Waals surface area contributed by atoms with Crippen LogP contribution in [-0.4, -0.2) is 17.0 Å². The number of halogens is 3. The van der Waals surface area contributed by atoms with Gasteiger partial charge in [0.1, 0.15) is 11.9 Å². The molecule has 0 radical (unpaired) electrons. The number of aromatic amines is 1. The Morgan fingerprint density at radius 2 is 1.93 bits per heavy atom. The first-order valence-electron chi connectivity index (χ1n) is 9.13. The Morgan fingerprint density at radius 1 is 1.21 bits per heavy atom. The third-order valence-electron chi connectivity index (χ3n) is 5.19. The minimum Gasteiger partial charge on any atom is -0.486 e. The van der Waals surface area contributed by atoms with Gasteiger partial charge in [-0.15, -0.1) is 0 Å². The van der Waals surface area contributed by atoms with E-state index in [0.717, 1.165) is 34.2 Å². The van der Waals surface area contributed by atoms with Crippen molar-refractivity contribution in [2.75, 3.05) is 5.32 Å². The molecule has 0 aliphatic heterocycles. The van der Waals surface area contributed by atoms with Gasteiger partial charge in [-0.05, 0) is 47.9 Å². The minimum atomic E-state index is -4.34. The molecule has 4 nitrogen and oxygen atoms in total. The lowest BCUT2D eigenvalue weighted by Crippen LogP contribution is -2.35. The number of rotatable bonds is 4. The van der Waals surface area contributed by atoms with Crippen molar-refractivity contribution in [1.29, 1.82) is 0 Å². The van der Waals surface area contributed by atoms with Crippen LogP contribution in [0.3, 0.4) is 0 Å². The molecule has 29 heavy (non-hydrogen) atoms. The Labute approximate surface area is 165 Å². The Hall–Kier alpha value is -3.22. The maximum absolute atomic E-state index is 12.7. The van der Waals surface area contributed by atoms with Crippen LogP contribution < -0.4 is 10.1 Å². The van der Waals surface area contributed by atoms with Gasteiger partial charge in [0.05, 0.1) is 11.3 Å². The zero-order chi connectivity index (χ0) is 20.8. The van der Waals surface area contributed by atoms with E-state index in [2.05, 4.69) is 16.9 Å². The van der Waals surface area contributed by atoms with Crippen LogP contribution in [0.1, 0.15) is 30.4 Å². The van der Waals surface area contributed by atoms with Crippen LogP contribution in [0.4, 0.5) is 18.9 Å². The summed E-state index contributed by atoms with van der Waals surface area (Å²) >= 11 is 0. The molecular formula is C22H19F3N2O2. The van der Waals surface area contributed by atoms with E-state index in [0.29, 0.717) is 17.9 Å². The van der Waals surface area contributed by atoms with Crippen molar-refractivity contribution in [3.8, 4) is 5.75 Å². The fourth-order valence-corrected chi connectivity index (χ4v) is 3.59. The molecule has 1 aliphatic carbocycles. The lowest BCUT2D eigenvalue weighted by molar-refractivity contribution is -0.137. The standard InChI is InChI=1S/C22H19F3N2O2/c1-12-17(14-3-5-15(6-4-14)22(23,24)25)10-21(12)29-16-7-8-19-18(9-16)20(11-26-19)27-13(2)28/h3-9,11,17,21,26H,1,10H2,2H3,(H,27,28)/t17-,21-/m1/s1. The Kier molecular flexibility index (Phi) is 4.61. The molecule has 1 aromatic heterocycles. The number of carbonyl (C=O) groups excluding carboxylic acids is 1. The lowest BCUT2D eigenvalue weighted by atomic mass is 9.73. The highest BCUT2D eigenvalue weighted by atomic mass is 19.4. The Morgan fingerprint density at radius 3 is 2.55 bits per heavy atom. The first-order valence-corrected chi connectivity index (χ1v) is 9.13. The zero-order valence-electron chi connectivity index (χ0n) is 15.6. The first kappa shape index (κ1) is 19.1. The molecule has 7 heteroatoms. The fraction of sp³-hybridized carbons (Fsp3) is 0.227. The number of fused-ring (bicyclic) bond motifs is 1. The number of ether oxygens (including phenoxy) is 1. The summed E-state index contributed by atoms with van der Waals surface area (Å²) in [5.41, 5.74) is 2.52. The highest BCUT2D eigenvalue weighted by Gasteiger charge is 2.37. The van der Waals surface area contributed by atoms with Crippen molar-refractivity contribution in [1.82, 2.24) is 4.98 Å². The number of aromatic nitrogens is 1. The molecule has 0 spiro atoms. The molecule has 2 N–H and O–H groups in total. The van der Waals surface area contributed by atoms with Crippen LogP contribution in [0.2, 0.25) is 0 Å². The van der Waals surface area contributed by atoms with E-state index >= 15 is 0 Å². The summed E-state index contributed by atoms with van der Waals surface area (Å²) in [6.45, 7) is 5.51. The second-order valence-electron chi connectivity index (χ2n) is 7.18. The summed E-state index contributed by atoms with van der Waals surface area (Å²) in [6.07, 6.45) is -2.18. The predicted molar refractivity (Wildman–Crippen MR) is 105 cm³/mol. The number of hydrogen-bond acceptors (Lipinski definition) is 2. The van der Waals surface area contributed by atoms with Gasteiger partial charge >= 0.3 is 6.18 Å². The Balaban J connectivity index is 1.45. The summed E-state index contributed by atoms with van der Waals surface area (Å²) in [5.74, 6) is 0.456. The van der Waals surface area contributed by atoms with E-state index in [1.165, 1.54) is 19.1 Å². The average Bonchev–Trinajstić information content (AvgIpc) is 3.05. The van der Waals surface area contributed by atoms with E-state index in [-0.39, 0.29) is 17.9 Å². The second-order valence-corrected chi connectivity index (χ2v) is 7.18. The van der Waals surface area contributed by atoms with E-state index < -0.39 is 11.7 Å². The lowest BCUT2D eigenvalue weighted by Gasteiger charge is -2.38. The molecule has 2 aromatic carbocycles. The van der Waals surface area contributed by atoms with E-state index in [9.17, 15) is 18.0 Å². The van der Waals surface area contributed by atoms with Crippen LogP contribution in [0, 0.1) is 0 Å². The number of benzene rings is 2. The summed E-state index contributed by atoms with van der Waals surface area (Å²) in [5, 5.41) is 3.60. The minimum absolute atomic E-state index is 0.0202. The molecule has 0 bridgehead atoms. The SMILES string of the molecule is C=C1[C@H](c2ccc(C(F)(F)F)cc2)C[C@H]1Oc1ccc2[nH]cc(NC(C)=O)c2c1. The van der Waals surface area contributed by atoms with Gasteiger partial charge in [-0.2, -0.15) is 13.2 Å². The van der Waals surface area contributed by atoms with Gasteiger partial charge in [-0.3, -0.25) is 4.79 Å². The van der Waals surface area contributed by atoms with E-state index in [1.54, 1.807) is 6.20 Å². The van der Waals surface area contributed by atoms with Gasteiger partial charge in [0, 0.05) is 29.9 Å². The third-order valence-corrected chi connectivity index (χ3v) is 5.19. The molecular weight excluding hydrogens is 381 g/mol. The molecule has 0 saturated heterocycles. The molecule has 1 aliphatic rings. The number of amides is 1. The molecule has 4 rings (SSSR count). The van der Waals surface area contributed by atoms with Crippen molar-refractivity contribution >= 4 is 22.5 Å². The molecule has 150 valence electrons. The normalized spacial score (nSPS) is 19.1. The highest BCUT2D eigenvalue weighted by molar-refractivity contribution is 6.01. The van der Waals surface area contributed by atoms with Crippen LogP contribution in [0.5, 0.6) is 5.75 Å². The van der Waals surface area contributed by atoms with Gasteiger partial charge in [0.2, 0.25) is 5.91 Å². The summed E-state index contributed by atoms with van der Waals surface area (Å²) in [4.78, 5) is 14.4. The number of H-pyrrole nitrogens is 1. The molecule has 1 amide bonds. The van der Waals surface area contributed by atoms with Crippen molar-refractivity contribution in [3.63, 3.8) is 0 Å². The van der Waals surface area contributed by atoms with Crippen molar-refractivity contribution in [2.45, 2.75) is 31.5 Å². The van der Waals surface area contributed by atoms with Gasteiger partial charge in [-0.25, -0.2) is 0 Å². The number of nitrogens with one attached hydrogen (secondary N) is 2. The molecule has 1 fully saturated rings. The molecule has 1 saturated carbocycles. The predicted octanol–water partition coefficient (Wildman–Crippen LogP) is 5.64. The summed E-state index contributed by atoms with van der Waals surface area (Å²) in [6, 6.07) is 10.7. The van der Waals surface area contributed by atoms with Crippen LogP contribution >= 0.6 is 0 Å². The molecule has 2 atom stereocenters. The molecule has 1 heterocycles. The number of carbonyl (C=O) groups is 1. The van der Waals surface area contributed by atoms with Gasteiger partial charge in [0.25, 0.3) is 0 Å². The number of hydrogen-bond donors (Lipinski definition) is 2. The maximum Gasteiger partial charge on any atom is 0.416 e. The van der Waals surface area contributed by atoms with E-state index in [4.69, 9.17) is 4.74 Å². The molecule has 3 aromatic rings. The van der Waals surface area contributed by atoms with Crippen LogP contribution in [0.25, 0.3) is 10.9 Å². The Bertz CT molecular complexity index is 1080. The third kappa shape index (κ3) is 3.72. The zero-order valence-corrected chi connectivity index (χ0v) is 15.6. The van der Waals surface area contributed by atoms with Gasteiger partial charge in [0.15, 0.2) is 0 Å². The van der Waals surface area contributed by atoms with E-state index in [1.807, 2.05) is 18.2 Å². The number of anilines is 1. The van der Waals surface area contributed by atoms with Crippen LogP contribution in [0.15, 0.2) is 60.8 Å². The topological polar surface area (TPSA) is 54.1 Å². The quantitative estimate of drug-likeness (QED) is 0.557. The number of alkyl halides is 3. The van der Waals surface area contributed by atoms with Crippen molar-refractivity contribution in [2.24, 2.45) is 0 Å². The van der Waals surface area contributed by atoms with Crippen molar-refractivity contribution < 1.29 is 22.7 Å². The fourth-order valence-electron chi connectivity index (χ4n) is 3.59. The largest absolute Gasteiger partial charge is 0.486 e. The molecule has 0 unspecified atom stereocenters. The second kappa shape index (κ2) is 6.99. The smallest absolute Gasteiger partial charge is 0.416 e.